The van der Waals surface area contributed by atoms with Crippen molar-refractivity contribution in [1.82, 2.24) is 24.1 Å². The highest BCUT2D eigenvalue weighted by Crippen LogP contribution is 2.40. The number of hydrogen-bond donors (Lipinski definition) is 1. The van der Waals surface area contributed by atoms with Gasteiger partial charge in [0.25, 0.3) is 0 Å². The van der Waals surface area contributed by atoms with E-state index < -0.39 is 0 Å². The van der Waals surface area contributed by atoms with Crippen molar-refractivity contribution >= 4 is 16.9 Å². The molecule has 6 rings (SSSR count). The molecule has 1 aliphatic rings. The lowest BCUT2D eigenvalue weighted by Gasteiger charge is -2.19. The van der Waals surface area contributed by atoms with Gasteiger partial charge in [-0.05, 0) is 73.2 Å². The molecule has 4 heterocycles. The van der Waals surface area contributed by atoms with E-state index in [2.05, 4.69) is 63.7 Å². The Morgan fingerprint density at radius 1 is 1.05 bits per heavy atom. The summed E-state index contributed by atoms with van der Waals surface area (Å²) in [5, 5.41) is 4.60. The van der Waals surface area contributed by atoms with E-state index in [1.54, 1.807) is 18.3 Å². The molecule has 1 N–H and O–H groups in total. The predicted octanol–water partition coefficient (Wildman–Crippen LogP) is 6.81. The summed E-state index contributed by atoms with van der Waals surface area (Å²) in [5.74, 6) is 1.41. The van der Waals surface area contributed by atoms with Crippen molar-refractivity contribution < 1.29 is 4.39 Å². The van der Waals surface area contributed by atoms with E-state index in [4.69, 9.17) is 9.97 Å². The zero-order valence-corrected chi connectivity index (χ0v) is 21.3. The van der Waals surface area contributed by atoms with Gasteiger partial charge in [-0.1, -0.05) is 25.5 Å². The minimum atomic E-state index is -0.255. The molecule has 0 amide bonds. The van der Waals surface area contributed by atoms with Crippen LogP contribution in [0.2, 0.25) is 0 Å². The van der Waals surface area contributed by atoms with Crippen LogP contribution in [-0.4, -0.2) is 30.6 Å². The van der Waals surface area contributed by atoms with Crippen LogP contribution in [0.5, 0.6) is 0 Å². The van der Waals surface area contributed by atoms with Gasteiger partial charge in [0, 0.05) is 43.0 Å². The number of unbranched alkanes of at least 4 members (excludes halogenated alkanes) is 1. The number of aromatic nitrogens is 5. The topological polar surface area (TPSA) is 60.6 Å². The van der Waals surface area contributed by atoms with Crippen LogP contribution >= 0.6 is 0 Å². The first-order valence-electron chi connectivity index (χ1n) is 13.1. The van der Waals surface area contributed by atoms with Gasteiger partial charge in [-0.3, -0.25) is 0 Å². The number of aryl methyl sites for hydroxylation is 2. The number of nitrogens with one attached hydrogen (secondary N) is 1. The van der Waals surface area contributed by atoms with E-state index >= 15 is 0 Å². The maximum atomic E-state index is 13.8. The van der Waals surface area contributed by atoms with Crippen molar-refractivity contribution in [3.8, 4) is 22.6 Å². The molecule has 1 aliphatic heterocycles. The van der Waals surface area contributed by atoms with Crippen LogP contribution in [0.25, 0.3) is 33.5 Å². The Hall–Kier alpha value is -4.00. The molecule has 0 aliphatic carbocycles. The Labute approximate surface area is 216 Å². The molecule has 0 spiro atoms. The Morgan fingerprint density at radius 2 is 1.92 bits per heavy atom. The summed E-state index contributed by atoms with van der Waals surface area (Å²) in [4.78, 5) is 14.4. The van der Waals surface area contributed by atoms with E-state index in [1.807, 2.05) is 6.07 Å². The zero-order chi connectivity index (χ0) is 25.4. The summed E-state index contributed by atoms with van der Waals surface area (Å²) in [5.41, 5.74) is 6.03. The maximum absolute atomic E-state index is 13.8. The SMILES string of the molecule is CCCCNc1nccc(-c2c(-c3ccc(F)cc3)nc3n2C(Cn2ccc4ccc(C)cc42)CC3)n1. The molecule has 2 aromatic carbocycles. The van der Waals surface area contributed by atoms with Gasteiger partial charge in [0.1, 0.15) is 11.6 Å². The second-order valence-corrected chi connectivity index (χ2v) is 9.87. The molecule has 3 aromatic heterocycles. The van der Waals surface area contributed by atoms with E-state index in [0.717, 1.165) is 67.2 Å². The third-order valence-electron chi connectivity index (χ3n) is 7.22. The first kappa shape index (κ1) is 23.4. The quantitative estimate of drug-likeness (QED) is 0.241. The Bertz CT molecular complexity index is 1550. The second-order valence-electron chi connectivity index (χ2n) is 9.87. The van der Waals surface area contributed by atoms with Crippen LogP contribution in [0.1, 0.15) is 43.6 Å². The van der Waals surface area contributed by atoms with Crippen molar-refractivity contribution in [1.29, 1.82) is 0 Å². The Morgan fingerprint density at radius 3 is 2.76 bits per heavy atom. The Kier molecular flexibility index (Phi) is 6.20. The van der Waals surface area contributed by atoms with E-state index in [0.29, 0.717) is 5.95 Å². The lowest BCUT2D eigenvalue weighted by Crippen LogP contribution is -2.14. The van der Waals surface area contributed by atoms with Crippen molar-refractivity contribution in [3.63, 3.8) is 0 Å². The summed E-state index contributed by atoms with van der Waals surface area (Å²) < 4.78 is 18.5. The summed E-state index contributed by atoms with van der Waals surface area (Å²) in [6, 6.07) is 17.5. The van der Waals surface area contributed by atoms with Crippen molar-refractivity contribution in [2.24, 2.45) is 0 Å². The van der Waals surface area contributed by atoms with Gasteiger partial charge >= 0.3 is 0 Å². The molecule has 0 saturated carbocycles. The Balaban J connectivity index is 1.44. The fraction of sp³-hybridized carbons (Fsp3) is 0.300. The van der Waals surface area contributed by atoms with E-state index in [-0.39, 0.29) is 11.9 Å². The number of benzene rings is 2. The lowest BCUT2D eigenvalue weighted by atomic mass is 10.1. The molecular weight excluding hydrogens is 463 g/mol. The van der Waals surface area contributed by atoms with Crippen LogP contribution in [0.15, 0.2) is 67.0 Å². The fourth-order valence-electron chi connectivity index (χ4n) is 5.33. The predicted molar refractivity (Wildman–Crippen MR) is 146 cm³/mol. The largest absolute Gasteiger partial charge is 0.354 e. The molecule has 0 fully saturated rings. The molecule has 6 nitrogen and oxygen atoms in total. The summed E-state index contributed by atoms with van der Waals surface area (Å²) in [6.07, 6.45) is 8.05. The number of nitrogens with zero attached hydrogens (tertiary/aromatic N) is 5. The second kappa shape index (κ2) is 9.81. The smallest absolute Gasteiger partial charge is 0.223 e. The average molecular weight is 495 g/mol. The van der Waals surface area contributed by atoms with Gasteiger partial charge < -0.3 is 14.5 Å². The van der Waals surface area contributed by atoms with Gasteiger partial charge in [0.05, 0.1) is 23.1 Å². The first-order chi connectivity index (χ1) is 18.1. The number of rotatable bonds is 8. The van der Waals surface area contributed by atoms with Gasteiger partial charge in [0.2, 0.25) is 5.95 Å². The third-order valence-corrected chi connectivity index (χ3v) is 7.22. The lowest BCUT2D eigenvalue weighted by molar-refractivity contribution is 0.459. The minimum absolute atomic E-state index is 0.231. The normalized spacial score (nSPS) is 14.8. The molecule has 7 heteroatoms. The van der Waals surface area contributed by atoms with Crippen molar-refractivity contribution in [2.45, 2.75) is 52.1 Å². The number of imidazole rings is 1. The highest BCUT2D eigenvalue weighted by atomic mass is 19.1. The van der Waals surface area contributed by atoms with E-state index in [9.17, 15) is 4.39 Å². The average Bonchev–Trinajstić information content (AvgIpc) is 3.59. The number of anilines is 1. The van der Waals surface area contributed by atoms with Crippen LogP contribution in [0, 0.1) is 12.7 Å². The minimum Gasteiger partial charge on any atom is -0.354 e. The summed E-state index contributed by atoms with van der Waals surface area (Å²) in [7, 11) is 0. The highest BCUT2D eigenvalue weighted by molar-refractivity contribution is 5.81. The van der Waals surface area contributed by atoms with Crippen LogP contribution in [0.4, 0.5) is 10.3 Å². The molecule has 37 heavy (non-hydrogen) atoms. The number of hydrogen-bond acceptors (Lipinski definition) is 4. The molecule has 1 atom stereocenters. The summed E-state index contributed by atoms with van der Waals surface area (Å²) >= 11 is 0. The molecule has 0 saturated heterocycles. The standard InChI is InChI=1S/C30H31FN6/c1-3-4-15-32-30-33-16-13-25(34-30)29-28(22-7-9-23(31)10-8-22)35-27-12-11-24(37(27)29)19-36-17-14-21-6-5-20(2)18-26(21)36/h5-10,13-14,16-18,24H,3-4,11-12,15,19H2,1-2H3,(H,32,33,34). The molecule has 0 bridgehead atoms. The van der Waals surface area contributed by atoms with Crippen LogP contribution < -0.4 is 5.32 Å². The van der Waals surface area contributed by atoms with Crippen LogP contribution in [0.3, 0.4) is 0 Å². The van der Waals surface area contributed by atoms with Gasteiger partial charge in [-0.15, -0.1) is 0 Å². The molecular formula is C30H31FN6. The monoisotopic (exact) mass is 494 g/mol. The number of halogens is 1. The molecule has 0 radical (unpaired) electrons. The number of fused-ring (bicyclic) bond motifs is 2. The molecule has 1 unspecified atom stereocenters. The van der Waals surface area contributed by atoms with E-state index in [1.165, 1.54) is 28.6 Å². The molecule has 5 aromatic rings. The van der Waals surface area contributed by atoms with Crippen LogP contribution in [-0.2, 0) is 13.0 Å². The summed E-state index contributed by atoms with van der Waals surface area (Å²) in [6.45, 7) is 5.98. The first-order valence-corrected chi connectivity index (χ1v) is 13.1. The van der Waals surface area contributed by atoms with Gasteiger partial charge in [-0.2, -0.15) is 0 Å². The van der Waals surface area contributed by atoms with Gasteiger partial charge in [0.15, 0.2) is 0 Å². The molecule has 188 valence electrons. The fourth-order valence-corrected chi connectivity index (χ4v) is 5.33. The highest BCUT2D eigenvalue weighted by Gasteiger charge is 2.31. The van der Waals surface area contributed by atoms with Crippen molar-refractivity contribution in [3.05, 3.63) is 84.2 Å². The maximum Gasteiger partial charge on any atom is 0.223 e. The zero-order valence-electron chi connectivity index (χ0n) is 21.3. The van der Waals surface area contributed by atoms with Gasteiger partial charge in [-0.25, -0.2) is 19.3 Å². The van der Waals surface area contributed by atoms with Crippen molar-refractivity contribution in [2.75, 3.05) is 11.9 Å². The third kappa shape index (κ3) is 4.50.